The van der Waals surface area contributed by atoms with Gasteiger partial charge in [0.2, 0.25) is 0 Å². The molecule has 1 fully saturated rings. The minimum atomic E-state index is -0.452. The molecule has 1 aliphatic heterocycles. The van der Waals surface area contributed by atoms with Crippen LogP contribution in [-0.2, 0) is 4.74 Å². The van der Waals surface area contributed by atoms with Crippen molar-refractivity contribution in [3.8, 4) is 0 Å². The van der Waals surface area contributed by atoms with Crippen molar-refractivity contribution in [3.63, 3.8) is 0 Å². The zero-order valence-corrected chi connectivity index (χ0v) is 11.2. The number of halogens is 1. The van der Waals surface area contributed by atoms with Gasteiger partial charge in [-0.1, -0.05) is 6.92 Å². The Hall–Kier alpha value is -1.23. The molecule has 0 aromatic heterocycles. The Balaban J connectivity index is 2.18. The lowest BCUT2D eigenvalue weighted by Gasteiger charge is -2.18. The molecule has 1 N–H and O–H groups in total. The molecule has 0 spiro atoms. The minimum absolute atomic E-state index is 0.248. The van der Waals surface area contributed by atoms with Crippen molar-refractivity contribution in [2.75, 3.05) is 18.2 Å². The highest BCUT2D eigenvalue weighted by molar-refractivity contribution is 8.00. The summed E-state index contributed by atoms with van der Waals surface area (Å²) >= 11 is 1.87. The van der Waals surface area contributed by atoms with E-state index in [1.54, 1.807) is 0 Å². The molecule has 18 heavy (non-hydrogen) atoms. The summed E-state index contributed by atoms with van der Waals surface area (Å²) in [7, 11) is 1.31. The van der Waals surface area contributed by atoms with Gasteiger partial charge in [0.15, 0.2) is 0 Å². The Morgan fingerprint density at radius 2 is 2.33 bits per heavy atom. The van der Waals surface area contributed by atoms with Gasteiger partial charge >= 0.3 is 5.97 Å². The van der Waals surface area contributed by atoms with E-state index in [0.717, 1.165) is 12.2 Å². The molecule has 1 heterocycles. The molecule has 2 atom stereocenters. The number of ether oxygens (including phenoxy) is 1. The normalized spacial score (nSPS) is 22.8. The van der Waals surface area contributed by atoms with E-state index in [0.29, 0.717) is 16.5 Å². The van der Waals surface area contributed by atoms with Crippen LogP contribution in [-0.4, -0.2) is 30.1 Å². The van der Waals surface area contributed by atoms with Gasteiger partial charge in [-0.05, 0) is 30.4 Å². The summed E-state index contributed by atoms with van der Waals surface area (Å²) in [6.45, 7) is 2.12. The second kappa shape index (κ2) is 5.61. The molecule has 1 saturated heterocycles. The summed E-state index contributed by atoms with van der Waals surface area (Å²) < 4.78 is 18.3. The molecule has 0 radical (unpaired) electrons. The lowest BCUT2D eigenvalue weighted by Crippen LogP contribution is -2.25. The number of hydrogen-bond acceptors (Lipinski definition) is 4. The molecule has 0 amide bonds. The van der Waals surface area contributed by atoms with Gasteiger partial charge in [0, 0.05) is 11.3 Å². The van der Waals surface area contributed by atoms with E-state index >= 15 is 0 Å². The lowest BCUT2D eigenvalue weighted by molar-refractivity contribution is 0.0600. The number of benzene rings is 1. The Morgan fingerprint density at radius 3 is 2.94 bits per heavy atom. The van der Waals surface area contributed by atoms with Crippen molar-refractivity contribution in [3.05, 3.63) is 29.6 Å². The largest absolute Gasteiger partial charge is 0.465 e. The Morgan fingerprint density at radius 1 is 1.56 bits per heavy atom. The van der Waals surface area contributed by atoms with Gasteiger partial charge in [0.1, 0.15) is 5.82 Å². The van der Waals surface area contributed by atoms with Crippen LogP contribution >= 0.6 is 11.8 Å². The van der Waals surface area contributed by atoms with E-state index in [-0.39, 0.29) is 11.9 Å². The third-order valence-electron chi connectivity index (χ3n) is 3.10. The second-order valence-corrected chi connectivity index (χ2v) is 5.79. The van der Waals surface area contributed by atoms with Gasteiger partial charge in [-0.25, -0.2) is 9.18 Å². The molecule has 3 nitrogen and oxygen atoms in total. The molecule has 1 aromatic carbocycles. The van der Waals surface area contributed by atoms with Crippen LogP contribution in [0.25, 0.3) is 0 Å². The fourth-order valence-corrected chi connectivity index (χ4v) is 3.20. The molecule has 0 bridgehead atoms. The van der Waals surface area contributed by atoms with Crippen LogP contribution in [0.5, 0.6) is 0 Å². The molecule has 0 saturated carbocycles. The van der Waals surface area contributed by atoms with Crippen molar-refractivity contribution in [1.82, 2.24) is 0 Å². The smallest absolute Gasteiger partial charge is 0.337 e. The number of methoxy groups -OCH3 is 1. The van der Waals surface area contributed by atoms with Crippen LogP contribution in [0.3, 0.4) is 0 Å². The standard InChI is InChI=1S/C13H16FNO2S/c1-8-11(5-6-18-8)15-12-7-9(13(16)17-2)3-4-10(12)14/h3-4,7-8,11,15H,5-6H2,1-2H3. The minimum Gasteiger partial charge on any atom is -0.465 e. The number of anilines is 1. The zero-order valence-electron chi connectivity index (χ0n) is 10.4. The maximum absolute atomic E-state index is 13.7. The Bertz CT molecular complexity index is 453. The molecule has 1 aromatic rings. The van der Waals surface area contributed by atoms with E-state index in [1.165, 1.54) is 25.3 Å². The van der Waals surface area contributed by atoms with E-state index in [2.05, 4.69) is 17.0 Å². The average molecular weight is 269 g/mol. The van der Waals surface area contributed by atoms with Crippen molar-refractivity contribution in [2.24, 2.45) is 0 Å². The van der Waals surface area contributed by atoms with E-state index in [4.69, 9.17) is 0 Å². The first kappa shape index (κ1) is 13.2. The van der Waals surface area contributed by atoms with E-state index in [1.807, 2.05) is 11.8 Å². The summed E-state index contributed by atoms with van der Waals surface area (Å²) in [6.07, 6.45) is 1.01. The summed E-state index contributed by atoms with van der Waals surface area (Å²) in [5.74, 6) is 0.288. The number of carbonyl (C=O) groups is 1. The summed E-state index contributed by atoms with van der Waals surface area (Å²) in [5.41, 5.74) is 0.733. The molecular formula is C13H16FNO2S. The van der Waals surface area contributed by atoms with Crippen molar-refractivity contribution >= 4 is 23.4 Å². The molecule has 0 aliphatic carbocycles. The molecular weight excluding hydrogens is 253 g/mol. The lowest BCUT2D eigenvalue weighted by atomic mass is 10.1. The van der Waals surface area contributed by atoms with Crippen molar-refractivity contribution in [2.45, 2.75) is 24.6 Å². The molecule has 2 rings (SSSR count). The Labute approximate surface area is 110 Å². The highest BCUT2D eigenvalue weighted by Gasteiger charge is 2.24. The number of rotatable bonds is 3. The maximum Gasteiger partial charge on any atom is 0.337 e. The summed E-state index contributed by atoms with van der Waals surface area (Å²) in [6, 6.07) is 4.48. The molecule has 98 valence electrons. The van der Waals surface area contributed by atoms with Crippen LogP contribution in [0, 0.1) is 5.82 Å². The first-order chi connectivity index (χ1) is 8.61. The quantitative estimate of drug-likeness (QED) is 0.856. The van der Waals surface area contributed by atoms with E-state index in [9.17, 15) is 9.18 Å². The van der Waals surface area contributed by atoms with Gasteiger partial charge < -0.3 is 10.1 Å². The molecule has 5 heteroatoms. The Kier molecular flexibility index (Phi) is 4.11. The number of hydrogen-bond donors (Lipinski definition) is 1. The van der Waals surface area contributed by atoms with Gasteiger partial charge in [-0.15, -0.1) is 0 Å². The second-order valence-electron chi connectivity index (χ2n) is 4.30. The number of esters is 1. The third kappa shape index (κ3) is 2.77. The average Bonchev–Trinajstić information content (AvgIpc) is 2.77. The van der Waals surface area contributed by atoms with Crippen LogP contribution in [0.1, 0.15) is 23.7 Å². The fraction of sp³-hybridized carbons (Fsp3) is 0.462. The molecule has 1 aliphatic rings. The zero-order chi connectivity index (χ0) is 13.1. The monoisotopic (exact) mass is 269 g/mol. The maximum atomic E-state index is 13.7. The molecule has 2 unspecified atom stereocenters. The van der Waals surface area contributed by atoms with Crippen molar-refractivity contribution < 1.29 is 13.9 Å². The van der Waals surface area contributed by atoms with Gasteiger partial charge in [0.25, 0.3) is 0 Å². The first-order valence-corrected chi connectivity index (χ1v) is 6.92. The number of nitrogens with one attached hydrogen (secondary N) is 1. The number of carbonyl (C=O) groups excluding carboxylic acids is 1. The first-order valence-electron chi connectivity index (χ1n) is 5.88. The predicted octanol–water partition coefficient (Wildman–Crippen LogP) is 2.92. The number of thioether (sulfide) groups is 1. The van der Waals surface area contributed by atoms with Crippen LogP contribution in [0.2, 0.25) is 0 Å². The SMILES string of the molecule is COC(=O)c1ccc(F)c(NC2CCSC2C)c1. The topological polar surface area (TPSA) is 38.3 Å². The van der Waals surface area contributed by atoms with Crippen LogP contribution in [0.4, 0.5) is 10.1 Å². The van der Waals surface area contributed by atoms with E-state index < -0.39 is 5.97 Å². The van der Waals surface area contributed by atoms with Crippen molar-refractivity contribution in [1.29, 1.82) is 0 Å². The summed E-state index contributed by atoms with van der Waals surface area (Å²) in [5, 5.41) is 3.62. The van der Waals surface area contributed by atoms with Gasteiger partial charge in [-0.2, -0.15) is 11.8 Å². The fourth-order valence-electron chi connectivity index (χ4n) is 2.00. The third-order valence-corrected chi connectivity index (χ3v) is 4.43. The van der Waals surface area contributed by atoms with Gasteiger partial charge in [-0.3, -0.25) is 0 Å². The van der Waals surface area contributed by atoms with Crippen LogP contribution in [0.15, 0.2) is 18.2 Å². The predicted molar refractivity (Wildman–Crippen MR) is 71.7 cm³/mol. The summed E-state index contributed by atoms with van der Waals surface area (Å²) in [4.78, 5) is 11.4. The van der Waals surface area contributed by atoms with Gasteiger partial charge in [0.05, 0.1) is 18.4 Å². The highest BCUT2D eigenvalue weighted by Crippen LogP contribution is 2.29. The highest BCUT2D eigenvalue weighted by atomic mass is 32.2. The van der Waals surface area contributed by atoms with Crippen LogP contribution < -0.4 is 5.32 Å².